The lowest BCUT2D eigenvalue weighted by molar-refractivity contribution is -0.118. The third-order valence-corrected chi connectivity index (χ3v) is 4.54. The minimum Gasteiger partial charge on any atom is -0.368 e. The monoisotopic (exact) mass is 336 g/mol. The van der Waals surface area contributed by atoms with Crippen LogP contribution in [0.5, 0.6) is 0 Å². The molecule has 2 rings (SSSR count). The second-order valence-corrected chi connectivity index (χ2v) is 6.66. The number of primary amides is 1. The number of nitrogens with two attached hydrogens (primary N) is 1. The highest BCUT2D eigenvalue weighted by molar-refractivity contribution is 5.88. The molecular formula is C16H28N6O2. The van der Waals surface area contributed by atoms with Crippen LogP contribution >= 0.6 is 0 Å². The number of rotatable bonds is 7. The summed E-state index contributed by atoms with van der Waals surface area (Å²) < 4.78 is 1.39. The zero-order chi connectivity index (χ0) is 17.5. The molecule has 0 aromatic carbocycles. The van der Waals surface area contributed by atoms with Crippen molar-refractivity contribution in [2.24, 2.45) is 11.7 Å². The van der Waals surface area contributed by atoms with E-state index in [2.05, 4.69) is 34.7 Å². The quantitative estimate of drug-likeness (QED) is 0.691. The van der Waals surface area contributed by atoms with Crippen LogP contribution in [0.3, 0.4) is 0 Å². The lowest BCUT2D eigenvalue weighted by atomic mass is 9.83. The maximum Gasteiger partial charge on any atom is 0.319 e. The standard InChI is InChI=1S/C16H28N6O2/c1-21(2)14(12-6-4-3-5-7-12)9-18-16(24)20-13-8-19-22(10-13)11-15(17)23/h8,10,12,14H,3-7,9,11H2,1-2H3,(H2,17,23)(H2,18,20,24)/t14-/m0/s1. The van der Waals surface area contributed by atoms with Crippen LogP contribution in [0.4, 0.5) is 10.5 Å². The van der Waals surface area contributed by atoms with Gasteiger partial charge >= 0.3 is 6.03 Å². The summed E-state index contributed by atoms with van der Waals surface area (Å²) in [6.07, 6.45) is 9.40. The molecule has 134 valence electrons. The van der Waals surface area contributed by atoms with Crippen LogP contribution in [0.2, 0.25) is 0 Å². The molecule has 1 saturated carbocycles. The highest BCUT2D eigenvalue weighted by atomic mass is 16.2. The number of likely N-dealkylation sites (N-methyl/N-ethyl adjacent to an activating group) is 1. The van der Waals surface area contributed by atoms with Gasteiger partial charge in [-0.1, -0.05) is 19.3 Å². The molecular weight excluding hydrogens is 308 g/mol. The predicted molar refractivity (Wildman–Crippen MR) is 92.5 cm³/mol. The van der Waals surface area contributed by atoms with E-state index in [9.17, 15) is 9.59 Å². The summed E-state index contributed by atoms with van der Waals surface area (Å²) in [5.41, 5.74) is 5.65. The fourth-order valence-corrected chi connectivity index (χ4v) is 3.34. The molecule has 1 aromatic rings. The lowest BCUT2D eigenvalue weighted by Gasteiger charge is -2.34. The molecule has 3 amide bonds. The minimum absolute atomic E-state index is 0.00627. The maximum atomic E-state index is 12.1. The number of carbonyl (C=O) groups excluding carboxylic acids is 2. The molecule has 0 unspecified atom stereocenters. The van der Waals surface area contributed by atoms with Crippen molar-refractivity contribution in [3.8, 4) is 0 Å². The molecule has 1 heterocycles. The molecule has 24 heavy (non-hydrogen) atoms. The van der Waals surface area contributed by atoms with Crippen molar-refractivity contribution in [3.05, 3.63) is 12.4 Å². The zero-order valence-corrected chi connectivity index (χ0v) is 14.5. The largest absolute Gasteiger partial charge is 0.368 e. The normalized spacial score (nSPS) is 16.8. The molecule has 0 spiro atoms. The number of hydrogen-bond donors (Lipinski definition) is 3. The van der Waals surface area contributed by atoms with Gasteiger partial charge in [-0.3, -0.25) is 9.48 Å². The second kappa shape index (κ2) is 8.68. The van der Waals surface area contributed by atoms with Crippen molar-refractivity contribution in [2.45, 2.75) is 44.7 Å². The Morgan fingerprint density at radius 2 is 2.08 bits per heavy atom. The van der Waals surface area contributed by atoms with E-state index in [0.29, 0.717) is 24.2 Å². The van der Waals surface area contributed by atoms with Gasteiger partial charge < -0.3 is 21.3 Å². The first-order valence-electron chi connectivity index (χ1n) is 8.47. The summed E-state index contributed by atoms with van der Waals surface area (Å²) in [5, 5.41) is 9.64. The van der Waals surface area contributed by atoms with Gasteiger partial charge in [0.05, 0.1) is 11.9 Å². The van der Waals surface area contributed by atoms with Crippen LogP contribution in [0, 0.1) is 5.92 Å². The number of nitrogens with one attached hydrogen (secondary N) is 2. The molecule has 1 fully saturated rings. The van der Waals surface area contributed by atoms with Crippen molar-refractivity contribution in [3.63, 3.8) is 0 Å². The molecule has 8 heteroatoms. The number of aromatic nitrogens is 2. The Morgan fingerprint density at radius 1 is 1.38 bits per heavy atom. The molecule has 0 bridgehead atoms. The topological polar surface area (TPSA) is 105 Å². The molecule has 0 saturated heterocycles. The number of nitrogens with zero attached hydrogens (tertiary/aromatic N) is 3. The average Bonchev–Trinajstić information content (AvgIpc) is 2.94. The van der Waals surface area contributed by atoms with E-state index in [1.807, 2.05) is 0 Å². The molecule has 0 aliphatic heterocycles. The number of amides is 3. The summed E-state index contributed by atoms with van der Waals surface area (Å²) in [7, 11) is 4.12. The maximum absolute atomic E-state index is 12.1. The highest BCUT2D eigenvalue weighted by Gasteiger charge is 2.25. The van der Waals surface area contributed by atoms with Gasteiger partial charge in [-0.25, -0.2) is 4.79 Å². The van der Waals surface area contributed by atoms with Crippen molar-refractivity contribution in [1.82, 2.24) is 20.0 Å². The Labute approximate surface area is 142 Å². The fraction of sp³-hybridized carbons (Fsp3) is 0.688. The van der Waals surface area contributed by atoms with E-state index in [0.717, 1.165) is 0 Å². The van der Waals surface area contributed by atoms with E-state index >= 15 is 0 Å². The highest BCUT2D eigenvalue weighted by Crippen LogP contribution is 2.28. The van der Waals surface area contributed by atoms with Crippen LogP contribution < -0.4 is 16.4 Å². The number of urea groups is 1. The lowest BCUT2D eigenvalue weighted by Crippen LogP contribution is -2.46. The van der Waals surface area contributed by atoms with Gasteiger partial charge in [0.1, 0.15) is 6.54 Å². The number of hydrogen-bond acceptors (Lipinski definition) is 4. The molecule has 0 radical (unpaired) electrons. The van der Waals surface area contributed by atoms with Crippen molar-refractivity contribution < 1.29 is 9.59 Å². The van der Waals surface area contributed by atoms with E-state index in [1.54, 1.807) is 6.20 Å². The third-order valence-electron chi connectivity index (χ3n) is 4.54. The summed E-state index contributed by atoms with van der Waals surface area (Å²) in [4.78, 5) is 25.1. The van der Waals surface area contributed by atoms with Crippen molar-refractivity contribution in [1.29, 1.82) is 0 Å². The Hall–Kier alpha value is -2.09. The van der Waals surface area contributed by atoms with Gasteiger partial charge in [-0.05, 0) is 32.9 Å². The van der Waals surface area contributed by atoms with Gasteiger partial charge in [0.25, 0.3) is 0 Å². The Bertz CT molecular complexity index is 551. The van der Waals surface area contributed by atoms with Gasteiger partial charge in [0.15, 0.2) is 0 Å². The molecule has 1 aliphatic rings. The predicted octanol–water partition coefficient (Wildman–Crippen LogP) is 1.00. The van der Waals surface area contributed by atoms with Gasteiger partial charge in [-0.15, -0.1) is 0 Å². The fourth-order valence-electron chi connectivity index (χ4n) is 3.34. The summed E-state index contributed by atoms with van der Waals surface area (Å²) in [6.45, 7) is 0.604. The summed E-state index contributed by atoms with van der Waals surface area (Å²) in [6, 6.07) is 0.0740. The third kappa shape index (κ3) is 5.52. The molecule has 1 aliphatic carbocycles. The van der Waals surface area contributed by atoms with E-state index in [-0.39, 0.29) is 12.6 Å². The average molecular weight is 336 g/mol. The first-order valence-corrected chi connectivity index (χ1v) is 8.47. The van der Waals surface area contributed by atoms with Crippen LogP contribution in [-0.4, -0.2) is 53.3 Å². The molecule has 1 atom stereocenters. The van der Waals surface area contributed by atoms with Crippen LogP contribution in [-0.2, 0) is 11.3 Å². The first-order chi connectivity index (χ1) is 11.5. The van der Waals surface area contributed by atoms with E-state index < -0.39 is 5.91 Å². The number of anilines is 1. The van der Waals surface area contributed by atoms with Gasteiger partial charge in [0.2, 0.25) is 5.91 Å². The van der Waals surface area contributed by atoms with Crippen molar-refractivity contribution >= 4 is 17.6 Å². The van der Waals surface area contributed by atoms with E-state index in [4.69, 9.17) is 5.73 Å². The van der Waals surface area contributed by atoms with Crippen molar-refractivity contribution in [2.75, 3.05) is 26.0 Å². The summed E-state index contributed by atoms with van der Waals surface area (Å²) in [5.74, 6) is 0.155. The second-order valence-electron chi connectivity index (χ2n) is 6.66. The first kappa shape index (κ1) is 18.3. The minimum atomic E-state index is -0.476. The Morgan fingerprint density at radius 3 is 2.71 bits per heavy atom. The van der Waals surface area contributed by atoms with Gasteiger partial charge in [-0.2, -0.15) is 5.10 Å². The van der Waals surface area contributed by atoms with Crippen LogP contribution in [0.25, 0.3) is 0 Å². The zero-order valence-electron chi connectivity index (χ0n) is 14.5. The van der Waals surface area contributed by atoms with Crippen LogP contribution in [0.15, 0.2) is 12.4 Å². The Balaban J connectivity index is 1.82. The van der Waals surface area contributed by atoms with Crippen LogP contribution in [0.1, 0.15) is 32.1 Å². The molecule has 1 aromatic heterocycles. The summed E-state index contributed by atoms with van der Waals surface area (Å²) >= 11 is 0. The van der Waals surface area contributed by atoms with E-state index in [1.165, 1.54) is 43.0 Å². The molecule has 4 N–H and O–H groups in total. The smallest absolute Gasteiger partial charge is 0.319 e. The van der Waals surface area contributed by atoms with Gasteiger partial charge in [0, 0.05) is 18.8 Å². The molecule has 8 nitrogen and oxygen atoms in total. The Kier molecular flexibility index (Phi) is 6.60. The SMILES string of the molecule is CN(C)[C@@H](CNC(=O)Nc1cnn(CC(N)=O)c1)C1CCCCC1. The number of carbonyl (C=O) groups is 2.